The van der Waals surface area contributed by atoms with E-state index < -0.39 is 10.0 Å². The van der Waals surface area contributed by atoms with E-state index in [0.29, 0.717) is 38.1 Å². The van der Waals surface area contributed by atoms with Gasteiger partial charge in [0.1, 0.15) is 0 Å². The number of guanidine groups is 1. The second kappa shape index (κ2) is 12.7. The highest BCUT2D eigenvalue weighted by Gasteiger charge is 2.04. The van der Waals surface area contributed by atoms with E-state index in [2.05, 4.69) is 34.2 Å². The van der Waals surface area contributed by atoms with E-state index in [4.69, 9.17) is 4.74 Å². The van der Waals surface area contributed by atoms with E-state index in [1.807, 2.05) is 6.92 Å². The summed E-state index contributed by atoms with van der Waals surface area (Å²) in [6.45, 7) is 11.6. The smallest absolute Gasteiger partial charge is 0.211 e. The van der Waals surface area contributed by atoms with Crippen molar-refractivity contribution in [3.63, 3.8) is 0 Å². The van der Waals surface area contributed by atoms with Crippen LogP contribution in [0.3, 0.4) is 0 Å². The minimum atomic E-state index is -3.13. The summed E-state index contributed by atoms with van der Waals surface area (Å²) in [5.41, 5.74) is 0. The van der Waals surface area contributed by atoms with Gasteiger partial charge in [0.05, 0.1) is 5.75 Å². The lowest BCUT2D eigenvalue weighted by molar-refractivity contribution is 0.109. The summed E-state index contributed by atoms with van der Waals surface area (Å²) in [6, 6.07) is 0. The van der Waals surface area contributed by atoms with Gasteiger partial charge in [0.2, 0.25) is 10.0 Å². The van der Waals surface area contributed by atoms with Crippen LogP contribution in [0.15, 0.2) is 4.99 Å². The molecule has 0 aromatic rings. The summed E-state index contributed by atoms with van der Waals surface area (Å²) in [4.78, 5) is 4.42. The van der Waals surface area contributed by atoms with Crippen molar-refractivity contribution in [2.45, 2.75) is 34.1 Å². The molecule has 0 aliphatic rings. The summed E-state index contributed by atoms with van der Waals surface area (Å²) >= 11 is 0. The van der Waals surface area contributed by atoms with Gasteiger partial charge < -0.3 is 15.4 Å². The molecule has 0 bridgehead atoms. The molecule has 0 aromatic heterocycles. The molecular formula is C14H32N4O3S. The third-order valence-corrected chi connectivity index (χ3v) is 4.04. The fourth-order valence-electron chi connectivity index (χ4n) is 1.51. The maximum atomic E-state index is 11.3. The Morgan fingerprint density at radius 3 is 2.50 bits per heavy atom. The molecule has 8 heteroatoms. The Labute approximate surface area is 135 Å². The normalized spacial score (nSPS) is 12.7. The standard InChI is InChI=1S/C14H32N4O3S/c1-5-15-14(16-8-7-11-21-12-13(3)4)17-9-10-18-22(19,20)6-2/h13,18H,5-12H2,1-4H3,(H2,15,16,17). The van der Waals surface area contributed by atoms with Crippen LogP contribution in [0.1, 0.15) is 34.1 Å². The van der Waals surface area contributed by atoms with E-state index in [1.165, 1.54) is 0 Å². The highest BCUT2D eigenvalue weighted by Crippen LogP contribution is 1.93. The monoisotopic (exact) mass is 336 g/mol. The number of aliphatic imine (C=N–C) groups is 1. The van der Waals surface area contributed by atoms with Crippen LogP contribution in [-0.2, 0) is 14.8 Å². The van der Waals surface area contributed by atoms with Crippen molar-refractivity contribution in [2.75, 3.05) is 45.1 Å². The van der Waals surface area contributed by atoms with Crippen molar-refractivity contribution in [3.8, 4) is 0 Å². The lowest BCUT2D eigenvalue weighted by atomic mass is 10.2. The molecule has 0 aromatic carbocycles. The molecule has 0 amide bonds. The minimum Gasteiger partial charge on any atom is -0.381 e. The van der Waals surface area contributed by atoms with Gasteiger partial charge in [-0.05, 0) is 26.2 Å². The number of nitrogens with one attached hydrogen (secondary N) is 3. The zero-order chi connectivity index (χ0) is 16.8. The molecule has 3 N–H and O–H groups in total. The van der Waals surface area contributed by atoms with Crippen molar-refractivity contribution in [3.05, 3.63) is 0 Å². The van der Waals surface area contributed by atoms with Gasteiger partial charge in [-0.3, -0.25) is 4.99 Å². The second-order valence-corrected chi connectivity index (χ2v) is 7.40. The summed E-state index contributed by atoms with van der Waals surface area (Å²) in [7, 11) is -3.13. The molecule has 132 valence electrons. The Morgan fingerprint density at radius 2 is 1.91 bits per heavy atom. The topological polar surface area (TPSA) is 91.8 Å². The van der Waals surface area contributed by atoms with Crippen molar-refractivity contribution in [1.82, 2.24) is 15.4 Å². The van der Waals surface area contributed by atoms with Crippen LogP contribution in [0.5, 0.6) is 0 Å². The molecule has 0 fully saturated rings. The Balaban J connectivity index is 3.91. The Hall–Kier alpha value is -0.860. The summed E-state index contributed by atoms with van der Waals surface area (Å²) in [5, 5.41) is 6.22. The number of ether oxygens (including phenoxy) is 1. The van der Waals surface area contributed by atoms with Crippen LogP contribution in [-0.4, -0.2) is 59.5 Å². The molecule has 0 saturated carbocycles. The van der Waals surface area contributed by atoms with Crippen LogP contribution in [0, 0.1) is 5.92 Å². The average Bonchev–Trinajstić information content (AvgIpc) is 2.46. The largest absolute Gasteiger partial charge is 0.381 e. The van der Waals surface area contributed by atoms with Gasteiger partial charge in [0.25, 0.3) is 0 Å². The van der Waals surface area contributed by atoms with Crippen LogP contribution in [0.4, 0.5) is 0 Å². The van der Waals surface area contributed by atoms with Crippen LogP contribution in [0.2, 0.25) is 0 Å². The number of hydrogen-bond donors (Lipinski definition) is 3. The summed E-state index contributed by atoms with van der Waals surface area (Å²) < 4.78 is 30.6. The molecule has 0 atom stereocenters. The maximum Gasteiger partial charge on any atom is 0.211 e. The minimum absolute atomic E-state index is 0.0948. The van der Waals surface area contributed by atoms with E-state index in [1.54, 1.807) is 6.92 Å². The van der Waals surface area contributed by atoms with Gasteiger partial charge in [-0.25, -0.2) is 13.1 Å². The quantitative estimate of drug-likeness (QED) is 0.275. The lowest BCUT2D eigenvalue weighted by Crippen LogP contribution is -2.41. The van der Waals surface area contributed by atoms with Crippen molar-refractivity contribution in [2.24, 2.45) is 10.9 Å². The highest BCUT2D eigenvalue weighted by atomic mass is 32.2. The predicted octanol–water partition coefficient (Wildman–Crippen LogP) is 0.544. The van der Waals surface area contributed by atoms with Crippen LogP contribution in [0.25, 0.3) is 0 Å². The molecule has 0 radical (unpaired) electrons. The number of sulfonamides is 1. The van der Waals surface area contributed by atoms with E-state index in [0.717, 1.165) is 19.6 Å². The second-order valence-electron chi connectivity index (χ2n) is 5.31. The Kier molecular flexibility index (Phi) is 12.2. The van der Waals surface area contributed by atoms with Crippen molar-refractivity contribution in [1.29, 1.82) is 0 Å². The number of nitrogens with zero attached hydrogens (tertiary/aromatic N) is 1. The lowest BCUT2D eigenvalue weighted by Gasteiger charge is -2.12. The highest BCUT2D eigenvalue weighted by molar-refractivity contribution is 7.89. The summed E-state index contributed by atoms with van der Waals surface area (Å²) in [5.74, 6) is 1.34. The molecule has 0 aliphatic heterocycles. The van der Waals surface area contributed by atoms with E-state index >= 15 is 0 Å². The zero-order valence-corrected chi connectivity index (χ0v) is 15.1. The molecule has 0 heterocycles. The Morgan fingerprint density at radius 1 is 1.18 bits per heavy atom. The van der Waals surface area contributed by atoms with Crippen molar-refractivity contribution < 1.29 is 13.2 Å². The molecule has 22 heavy (non-hydrogen) atoms. The molecular weight excluding hydrogens is 304 g/mol. The van der Waals surface area contributed by atoms with Gasteiger partial charge in [0, 0.05) is 39.4 Å². The first-order valence-electron chi connectivity index (χ1n) is 7.98. The van der Waals surface area contributed by atoms with E-state index in [-0.39, 0.29) is 5.75 Å². The van der Waals surface area contributed by atoms with Gasteiger partial charge in [-0.15, -0.1) is 0 Å². The van der Waals surface area contributed by atoms with Gasteiger partial charge >= 0.3 is 0 Å². The molecule has 7 nitrogen and oxygen atoms in total. The van der Waals surface area contributed by atoms with E-state index in [9.17, 15) is 8.42 Å². The first-order valence-corrected chi connectivity index (χ1v) is 9.63. The molecule has 0 saturated heterocycles. The third kappa shape index (κ3) is 12.8. The van der Waals surface area contributed by atoms with Gasteiger partial charge in [0.15, 0.2) is 5.96 Å². The van der Waals surface area contributed by atoms with Crippen molar-refractivity contribution >= 4 is 16.0 Å². The zero-order valence-electron chi connectivity index (χ0n) is 14.3. The van der Waals surface area contributed by atoms with Gasteiger partial charge in [-0.1, -0.05) is 13.8 Å². The number of rotatable bonds is 12. The average molecular weight is 337 g/mol. The first-order chi connectivity index (χ1) is 10.4. The predicted molar refractivity (Wildman–Crippen MR) is 91.7 cm³/mol. The molecule has 0 rings (SSSR count). The van der Waals surface area contributed by atoms with Crippen LogP contribution < -0.4 is 15.4 Å². The van der Waals surface area contributed by atoms with Crippen LogP contribution >= 0.6 is 0 Å². The molecule has 0 unspecified atom stereocenters. The first kappa shape index (κ1) is 21.1. The Bertz CT molecular complexity index is 397. The molecule has 0 aliphatic carbocycles. The SMILES string of the molecule is CCNC(=NCCCOCC(C)C)NCCNS(=O)(=O)CC. The maximum absolute atomic E-state index is 11.3. The van der Waals surface area contributed by atoms with Gasteiger partial charge in [-0.2, -0.15) is 0 Å². The summed E-state index contributed by atoms with van der Waals surface area (Å²) in [6.07, 6.45) is 0.867. The third-order valence-electron chi connectivity index (χ3n) is 2.63. The fourth-order valence-corrected chi connectivity index (χ4v) is 2.12. The fraction of sp³-hybridized carbons (Fsp3) is 0.929. The molecule has 0 spiro atoms. The number of hydrogen-bond acceptors (Lipinski definition) is 4.